The summed E-state index contributed by atoms with van der Waals surface area (Å²) >= 11 is 0. The molecule has 1 heterocycles. The third kappa shape index (κ3) is 4.22. The first kappa shape index (κ1) is 15.3. The summed E-state index contributed by atoms with van der Waals surface area (Å²) in [7, 11) is 0. The fraction of sp³-hybridized carbons (Fsp3) is 0.647. The molecule has 0 radical (unpaired) electrons. The quantitative estimate of drug-likeness (QED) is 0.853. The largest absolute Gasteiger partial charge is 0.490 e. The van der Waals surface area contributed by atoms with E-state index in [0.717, 1.165) is 29.3 Å². The van der Waals surface area contributed by atoms with Crippen molar-refractivity contribution in [2.75, 3.05) is 26.2 Å². The number of piperidine rings is 1. The minimum absolute atomic E-state index is 0.377. The standard InChI is InChI=1S/C17H27NO2/c1-13-7-9-18(10-8-13)11-16(19)12-20-17-14(2)5-4-6-15(17)3/h4-6,13,16,19H,7-12H2,1-3H3/p+1/t16-/m1/s1. The Morgan fingerprint density at radius 1 is 1.25 bits per heavy atom. The summed E-state index contributed by atoms with van der Waals surface area (Å²) < 4.78 is 5.83. The van der Waals surface area contributed by atoms with Crippen molar-refractivity contribution in [3.05, 3.63) is 29.3 Å². The van der Waals surface area contributed by atoms with E-state index in [0.29, 0.717) is 6.61 Å². The summed E-state index contributed by atoms with van der Waals surface area (Å²) in [5, 5.41) is 10.2. The Balaban J connectivity index is 1.79. The predicted molar refractivity (Wildman–Crippen MR) is 81.4 cm³/mol. The van der Waals surface area contributed by atoms with Crippen LogP contribution in [0.25, 0.3) is 0 Å². The van der Waals surface area contributed by atoms with Gasteiger partial charge in [-0.05, 0) is 43.7 Å². The molecule has 3 heteroatoms. The van der Waals surface area contributed by atoms with Crippen molar-refractivity contribution < 1.29 is 14.7 Å². The zero-order valence-corrected chi connectivity index (χ0v) is 13.0. The molecular weight excluding hydrogens is 250 g/mol. The molecule has 0 spiro atoms. The second kappa shape index (κ2) is 7.09. The van der Waals surface area contributed by atoms with Gasteiger partial charge in [0, 0.05) is 0 Å². The molecule has 2 rings (SSSR count). The number of aliphatic hydroxyl groups excluding tert-OH is 1. The molecule has 1 aromatic carbocycles. The highest BCUT2D eigenvalue weighted by Gasteiger charge is 2.22. The monoisotopic (exact) mass is 278 g/mol. The van der Waals surface area contributed by atoms with Crippen molar-refractivity contribution in [2.24, 2.45) is 5.92 Å². The fourth-order valence-corrected chi connectivity index (χ4v) is 2.97. The number of aliphatic hydroxyl groups is 1. The van der Waals surface area contributed by atoms with Gasteiger partial charge in [-0.1, -0.05) is 25.1 Å². The molecule has 1 aliphatic rings. The van der Waals surface area contributed by atoms with E-state index < -0.39 is 0 Å². The van der Waals surface area contributed by atoms with Gasteiger partial charge in [0.05, 0.1) is 13.1 Å². The zero-order valence-electron chi connectivity index (χ0n) is 13.0. The van der Waals surface area contributed by atoms with Gasteiger partial charge in [0.1, 0.15) is 25.0 Å². The van der Waals surface area contributed by atoms with Gasteiger partial charge in [0.15, 0.2) is 0 Å². The molecule has 0 bridgehead atoms. The predicted octanol–water partition coefficient (Wildman–Crippen LogP) is 1.36. The molecule has 112 valence electrons. The van der Waals surface area contributed by atoms with Gasteiger partial charge in [0.2, 0.25) is 0 Å². The van der Waals surface area contributed by atoms with Crippen LogP contribution in [0.3, 0.4) is 0 Å². The van der Waals surface area contributed by atoms with Crippen LogP contribution in [0.5, 0.6) is 5.75 Å². The van der Waals surface area contributed by atoms with Crippen molar-refractivity contribution in [1.82, 2.24) is 0 Å². The van der Waals surface area contributed by atoms with Crippen molar-refractivity contribution >= 4 is 0 Å². The van der Waals surface area contributed by atoms with Crippen LogP contribution in [0, 0.1) is 19.8 Å². The number of quaternary nitrogens is 1. The molecule has 1 saturated heterocycles. The van der Waals surface area contributed by atoms with Crippen LogP contribution in [-0.2, 0) is 0 Å². The highest BCUT2D eigenvalue weighted by atomic mass is 16.5. The minimum atomic E-state index is -0.377. The number of ether oxygens (including phenoxy) is 1. The lowest BCUT2D eigenvalue weighted by atomic mass is 9.99. The number of aryl methyl sites for hydroxylation is 2. The van der Waals surface area contributed by atoms with Crippen LogP contribution in [0.4, 0.5) is 0 Å². The molecule has 20 heavy (non-hydrogen) atoms. The van der Waals surface area contributed by atoms with Crippen molar-refractivity contribution in [3.8, 4) is 5.75 Å². The topological polar surface area (TPSA) is 33.9 Å². The summed E-state index contributed by atoms with van der Waals surface area (Å²) in [6, 6.07) is 6.13. The van der Waals surface area contributed by atoms with E-state index in [4.69, 9.17) is 4.74 Å². The van der Waals surface area contributed by atoms with Crippen molar-refractivity contribution in [1.29, 1.82) is 0 Å². The first-order valence-electron chi connectivity index (χ1n) is 7.77. The van der Waals surface area contributed by atoms with Crippen LogP contribution in [0.15, 0.2) is 18.2 Å². The number of rotatable bonds is 5. The maximum atomic E-state index is 10.2. The maximum Gasteiger partial charge on any atom is 0.137 e. The van der Waals surface area contributed by atoms with Crippen molar-refractivity contribution in [3.63, 3.8) is 0 Å². The Morgan fingerprint density at radius 3 is 2.45 bits per heavy atom. The fourth-order valence-electron chi connectivity index (χ4n) is 2.97. The molecule has 0 aliphatic carbocycles. The van der Waals surface area contributed by atoms with E-state index in [2.05, 4.69) is 6.92 Å². The summed E-state index contributed by atoms with van der Waals surface area (Å²) in [6.45, 7) is 9.97. The molecule has 1 aromatic rings. The normalized spacial score (nSPS) is 24.4. The molecule has 1 atom stereocenters. The number of para-hydroxylation sites is 1. The van der Waals surface area contributed by atoms with Crippen LogP contribution in [-0.4, -0.2) is 37.5 Å². The zero-order chi connectivity index (χ0) is 14.5. The number of benzene rings is 1. The van der Waals surface area contributed by atoms with E-state index in [1.54, 1.807) is 0 Å². The lowest BCUT2D eigenvalue weighted by Gasteiger charge is -2.28. The Bertz CT molecular complexity index is 405. The van der Waals surface area contributed by atoms with Gasteiger partial charge in [-0.25, -0.2) is 0 Å². The lowest BCUT2D eigenvalue weighted by molar-refractivity contribution is -0.909. The Kier molecular flexibility index (Phi) is 5.44. The molecule has 1 fully saturated rings. The van der Waals surface area contributed by atoms with Crippen LogP contribution < -0.4 is 9.64 Å². The van der Waals surface area contributed by atoms with E-state index in [9.17, 15) is 5.11 Å². The maximum absolute atomic E-state index is 10.2. The molecule has 2 N–H and O–H groups in total. The summed E-state index contributed by atoms with van der Waals surface area (Å²) in [5.74, 6) is 1.77. The molecule has 0 unspecified atom stereocenters. The smallest absolute Gasteiger partial charge is 0.137 e. The Morgan fingerprint density at radius 2 is 1.85 bits per heavy atom. The Hall–Kier alpha value is -1.06. The summed E-state index contributed by atoms with van der Waals surface area (Å²) in [6.07, 6.45) is 2.18. The van der Waals surface area contributed by atoms with Crippen LogP contribution in [0.1, 0.15) is 30.9 Å². The number of hydrogen-bond donors (Lipinski definition) is 2. The van der Waals surface area contributed by atoms with Crippen LogP contribution in [0.2, 0.25) is 0 Å². The second-order valence-corrected chi connectivity index (χ2v) is 6.32. The molecule has 1 aliphatic heterocycles. The van der Waals surface area contributed by atoms with E-state index >= 15 is 0 Å². The number of likely N-dealkylation sites (tertiary alicyclic amines) is 1. The molecule has 0 saturated carbocycles. The van der Waals surface area contributed by atoms with E-state index in [-0.39, 0.29) is 6.10 Å². The number of nitrogens with one attached hydrogen (secondary N) is 1. The minimum Gasteiger partial charge on any atom is -0.490 e. The number of hydrogen-bond acceptors (Lipinski definition) is 2. The SMILES string of the molecule is Cc1cccc(C)c1OC[C@H](O)C[NH+]1CCC(C)CC1. The first-order valence-corrected chi connectivity index (χ1v) is 7.77. The molecular formula is C17H28NO2+. The lowest BCUT2D eigenvalue weighted by Crippen LogP contribution is -3.14. The second-order valence-electron chi connectivity index (χ2n) is 6.32. The molecule has 0 aromatic heterocycles. The average Bonchev–Trinajstić information content (AvgIpc) is 2.41. The van der Waals surface area contributed by atoms with Gasteiger partial charge in [0.25, 0.3) is 0 Å². The van der Waals surface area contributed by atoms with Gasteiger partial charge in [-0.15, -0.1) is 0 Å². The third-order valence-electron chi connectivity index (χ3n) is 4.33. The Labute approximate surface area is 122 Å². The van der Waals surface area contributed by atoms with Gasteiger partial charge < -0.3 is 14.7 Å². The average molecular weight is 278 g/mol. The van der Waals surface area contributed by atoms with Gasteiger partial charge in [-0.2, -0.15) is 0 Å². The summed E-state index contributed by atoms with van der Waals surface area (Å²) in [5.41, 5.74) is 2.27. The van der Waals surface area contributed by atoms with Crippen molar-refractivity contribution in [2.45, 2.75) is 39.7 Å². The highest BCUT2D eigenvalue weighted by Crippen LogP contribution is 2.22. The van der Waals surface area contributed by atoms with E-state index in [1.165, 1.54) is 30.8 Å². The van der Waals surface area contributed by atoms with Gasteiger partial charge >= 0.3 is 0 Å². The summed E-state index contributed by atoms with van der Waals surface area (Å²) in [4.78, 5) is 1.51. The third-order valence-corrected chi connectivity index (χ3v) is 4.33. The molecule has 0 amide bonds. The molecule has 3 nitrogen and oxygen atoms in total. The van der Waals surface area contributed by atoms with Crippen LogP contribution >= 0.6 is 0 Å². The first-order chi connectivity index (χ1) is 9.56. The highest BCUT2D eigenvalue weighted by molar-refractivity contribution is 5.39. The van der Waals surface area contributed by atoms with E-state index in [1.807, 2.05) is 32.0 Å². The van der Waals surface area contributed by atoms with Gasteiger partial charge in [-0.3, -0.25) is 0 Å².